The van der Waals surface area contributed by atoms with Crippen molar-refractivity contribution in [3.63, 3.8) is 0 Å². The fourth-order valence-electron chi connectivity index (χ4n) is 5.09. The van der Waals surface area contributed by atoms with E-state index in [0.29, 0.717) is 5.69 Å². The van der Waals surface area contributed by atoms with Crippen molar-refractivity contribution in [2.75, 3.05) is 12.0 Å². The molecule has 1 aromatic heterocycles. The van der Waals surface area contributed by atoms with E-state index in [9.17, 15) is 9.59 Å². The predicted molar refractivity (Wildman–Crippen MR) is 119 cm³/mol. The lowest BCUT2D eigenvalue weighted by Gasteiger charge is -2.42. The molecule has 158 valence electrons. The molecular formula is C25H25N3O3. The maximum atomic E-state index is 13.4. The van der Waals surface area contributed by atoms with E-state index in [0.717, 1.165) is 35.8 Å². The Morgan fingerprint density at radius 2 is 1.94 bits per heavy atom. The van der Waals surface area contributed by atoms with Crippen LogP contribution in [0.25, 0.3) is 10.8 Å². The SMILES string of the molecule is COc1ccc(C)c(C2CCC3C(=O)N(c4cncc5ccccc45)C(=O)NC3C2)c1. The second kappa shape index (κ2) is 7.69. The largest absolute Gasteiger partial charge is 0.497 e. The predicted octanol–water partition coefficient (Wildman–Crippen LogP) is 4.56. The lowest BCUT2D eigenvalue weighted by Crippen LogP contribution is -2.61. The minimum atomic E-state index is -0.368. The summed E-state index contributed by atoms with van der Waals surface area (Å²) < 4.78 is 5.40. The van der Waals surface area contributed by atoms with Gasteiger partial charge < -0.3 is 10.1 Å². The zero-order chi connectivity index (χ0) is 21.5. The molecule has 2 fully saturated rings. The van der Waals surface area contributed by atoms with Gasteiger partial charge >= 0.3 is 6.03 Å². The van der Waals surface area contributed by atoms with E-state index < -0.39 is 0 Å². The lowest BCUT2D eigenvalue weighted by molar-refractivity contribution is -0.124. The van der Waals surface area contributed by atoms with Crippen LogP contribution in [0.1, 0.15) is 36.3 Å². The molecule has 2 heterocycles. The highest BCUT2D eigenvalue weighted by Gasteiger charge is 2.45. The number of methoxy groups -OCH3 is 1. The number of urea groups is 1. The number of aromatic nitrogens is 1. The molecule has 3 atom stereocenters. The third-order valence-corrected chi connectivity index (χ3v) is 6.71. The number of ether oxygens (including phenoxy) is 1. The number of pyridine rings is 1. The molecule has 1 aliphatic heterocycles. The number of carbonyl (C=O) groups is 2. The van der Waals surface area contributed by atoms with Gasteiger partial charge in [-0.25, -0.2) is 9.69 Å². The first-order chi connectivity index (χ1) is 15.1. The molecule has 3 aromatic rings. The topological polar surface area (TPSA) is 71.5 Å². The molecule has 3 unspecified atom stereocenters. The zero-order valence-electron chi connectivity index (χ0n) is 17.7. The average molecular weight is 415 g/mol. The molecule has 1 N–H and O–H groups in total. The molecule has 5 rings (SSSR count). The van der Waals surface area contributed by atoms with E-state index in [1.54, 1.807) is 19.5 Å². The molecule has 1 aliphatic carbocycles. The summed E-state index contributed by atoms with van der Waals surface area (Å²) >= 11 is 0. The molecule has 6 nitrogen and oxygen atoms in total. The number of fused-ring (bicyclic) bond motifs is 2. The van der Waals surface area contributed by atoms with Crippen LogP contribution in [-0.4, -0.2) is 30.1 Å². The lowest BCUT2D eigenvalue weighted by atomic mass is 9.73. The molecule has 3 amide bonds. The van der Waals surface area contributed by atoms with Crippen LogP contribution in [0.15, 0.2) is 54.9 Å². The summed E-state index contributed by atoms with van der Waals surface area (Å²) in [5.74, 6) is 0.767. The molecule has 6 heteroatoms. The maximum absolute atomic E-state index is 13.4. The Balaban J connectivity index is 1.43. The standard InChI is InChI=1S/C25H25N3O3/c1-15-7-9-18(31-2)12-21(15)16-8-10-20-22(11-16)27-25(30)28(24(20)29)23-14-26-13-17-5-3-4-6-19(17)23/h3-7,9,12-14,16,20,22H,8,10-11H2,1-2H3,(H,27,30). The van der Waals surface area contributed by atoms with E-state index in [-0.39, 0.29) is 29.8 Å². The van der Waals surface area contributed by atoms with Crippen molar-refractivity contribution < 1.29 is 14.3 Å². The molecule has 0 radical (unpaired) electrons. The molecule has 0 bridgehead atoms. The Hall–Kier alpha value is -3.41. The third-order valence-electron chi connectivity index (χ3n) is 6.71. The van der Waals surface area contributed by atoms with Gasteiger partial charge in [-0.2, -0.15) is 0 Å². The first-order valence-corrected chi connectivity index (χ1v) is 10.7. The van der Waals surface area contributed by atoms with Crippen LogP contribution >= 0.6 is 0 Å². The molecule has 2 aromatic carbocycles. The van der Waals surface area contributed by atoms with Crippen molar-refractivity contribution in [1.82, 2.24) is 10.3 Å². The molecule has 1 saturated carbocycles. The molecule has 1 saturated heterocycles. The summed E-state index contributed by atoms with van der Waals surface area (Å²) in [7, 11) is 1.67. The van der Waals surface area contributed by atoms with Gasteiger partial charge in [0.2, 0.25) is 5.91 Å². The Morgan fingerprint density at radius 1 is 1.10 bits per heavy atom. The van der Waals surface area contributed by atoms with E-state index in [2.05, 4.69) is 29.4 Å². The Labute approximate surface area is 181 Å². The summed E-state index contributed by atoms with van der Waals surface area (Å²) in [5, 5.41) is 4.87. The van der Waals surface area contributed by atoms with Crippen molar-refractivity contribution in [3.05, 3.63) is 66.0 Å². The van der Waals surface area contributed by atoms with Crippen LogP contribution < -0.4 is 15.0 Å². The number of benzene rings is 2. The number of rotatable bonds is 3. The van der Waals surface area contributed by atoms with E-state index in [4.69, 9.17) is 4.74 Å². The minimum absolute atomic E-state index is 0.132. The van der Waals surface area contributed by atoms with Gasteiger partial charge in [0.1, 0.15) is 5.75 Å². The molecule has 31 heavy (non-hydrogen) atoms. The van der Waals surface area contributed by atoms with Crippen LogP contribution in [0.4, 0.5) is 10.5 Å². The highest BCUT2D eigenvalue weighted by Crippen LogP contribution is 2.41. The third kappa shape index (κ3) is 3.32. The zero-order valence-corrected chi connectivity index (χ0v) is 17.7. The quantitative estimate of drug-likeness (QED) is 0.681. The normalized spacial score (nSPS) is 23.4. The fourth-order valence-corrected chi connectivity index (χ4v) is 5.09. The van der Waals surface area contributed by atoms with Crippen LogP contribution in [0.2, 0.25) is 0 Å². The number of anilines is 1. The molecular weight excluding hydrogens is 390 g/mol. The van der Waals surface area contributed by atoms with Gasteiger partial charge in [-0.3, -0.25) is 9.78 Å². The Bertz CT molecular complexity index is 1170. The summed E-state index contributed by atoms with van der Waals surface area (Å²) in [6.07, 6.45) is 5.73. The van der Waals surface area contributed by atoms with E-state index in [1.807, 2.05) is 30.3 Å². The number of nitrogens with zero attached hydrogens (tertiary/aromatic N) is 2. The van der Waals surface area contributed by atoms with Crippen LogP contribution in [0, 0.1) is 12.8 Å². The van der Waals surface area contributed by atoms with Gasteiger partial charge in [0.15, 0.2) is 0 Å². The Kier molecular flexibility index (Phi) is 4.85. The van der Waals surface area contributed by atoms with Gasteiger partial charge in [-0.05, 0) is 55.4 Å². The van der Waals surface area contributed by atoms with Gasteiger partial charge in [0.25, 0.3) is 0 Å². The van der Waals surface area contributed by atoms with Crippen molar-refractivity contribution in [3.8, 4) is 5.75 Å². The first kappa shape index (κ1) is 19.5. The number of hydrogen-bond donors (Lipinski definition) is 1. The second-order valence-corrected chi connectivity index (χ2v) is 8.45. The van der Waals surface area contributed by atoms with Crippen molar-refractivity contribution in [2.24, 2.45) is 5.92 Å². The molecule has 2 aliphatic rings. The Morgan fingerprint density at radius 3 is 2.77 bits per heavy atom. The van der Waals surface area contributed by atoms with Gasteiger partial charge in [-0.15, -0.1) is 0 Å². The van der Waals surface area contributed by atoms with Gasteiger partial charge in [0, 0.05) is 23.0 Å². The monoisotopic (exact) mass is 415 g/mol. The smallest absolute Gasteiger partial charge is 0.329 e. The summed E-state index contributed by atoms with van der Waals surface area (Å²) in [4.78, 5) is 32.0. The number of nitrogens with one attached hydrogen (secondary N) is 1. The van der Waals surface area contributed by atoms with Crippen molar-refractivity contribution in [2.45, 2.75) is 38.1 Å². The second-order valence-electron chi connectivity index (χ2n) is 8.45. The number of carbonyl (C=O) groups excluding carboxylic acids is 2. The minimum Gasteiger partial charge on any atom is -0.497 e. The highest BCUT2D eigenvalue weighted by atomic mass is 16.5. The number of amides is 3. The van der Waals surface area contributed by atoms with Crippen LogP contribution in [0.3, 0.4) is 0 Å². The van der Waals surface area contributed by atoms with E-state index in [1.165, 1.54) is 16.0 Å². The van der Waals surface area contributed by atoms with Gasteiger partial charge in [-0.1, -0.05) is 30.3 Å². The number of imide groups is 1. The highest BCUT2D eigenvalue weighted by molar-refractivity contribution is 6.20. The maximum Gasteiger partial charge on any atom is 0.329 e. The summed E-state index contributed by atoms with van der Waals surface area (Å²) in [6.45, 7) is 2.10. The summed E-state index contributed by atoms with van der Waals surface area (Å²) in [5.41, 5.74) is 2.99. The fraction of sp³-hybridized carbons (Fsp3) is 0.320. The van der Waals surface area contributed by atoms with Crippen molar-refractivity contribution in [1.29, 1.82) is 0 Å². The van der Waals surface area contributed by atoms with Crippen LogP contribution in [-0.2, 0) is 4.79 Å². The number of hydrogen-bond acceptors (Lipinski definition) is 4. The first-order valence-electron chi connectivity index (χ1n) is 10.7. The summed E-state index contributed by atoms with van der Waals surface area (Å²) in [6, 6.07) is 13.3. The average Bonchev–Trinajstić information content (AvgIpc) is 2.79. The van der Waals surface area contributed by atoms with E-state index >= 15 is 0 Å². The number of aryl methyl sites for hydroxylation is 1. The molecule has 0 spiro atoms. The van der Waals surface area contributed by atoms with Crippen molar-refractivity contribution >= 4 is 28.4 Å². The van der Waals surface area contributed by atoms with Gasteiger partial charge in [0.05, 0.1) is 24.9 Å². The van der Waals surface area contributed by atoms with Crippen LogP contribution in [0.5, 0.6) is 5.75 Å².